The fourth-order valence-electron chi connectivity index (χ4n) is 6.38. The van der Waals surface area contributed by atoms with Crippen LogP contribution in [-0.4, -0.2) is 26.4 Å². The number of nitrogens with zero attached hydrogens (tertiary/aromatic N) is 4. The van der Waals surface area contributed by atoms with E-state index in [1.165, 1.54) is 18.3 Å². The van der Waals surface area contributed by atoms with E-state index in [1.54, 1.807) is 7.11 Å². The first-order valence-electron chi connectivity index (χ1n) is 16.4. The number of hydrogen-bond donors (Lipinski definition) is 0. The molecule has 0 saturated heterocycles. The van der Waals surface area contributed by atoms with Crippen LogP contribution in [0.4, 0.5) is 4.39 Å². The van der Waals surface area contributed by atoms with Gasteiger partial charge in [0.05, 0.1) is 18.4 Å². The number of hydrogen-bond acceptors (Lipinski definition) is 4. The summed E-state index contributed by atoms with van der Waals surface area (Å²) in [6, 6.07) is 46.0. The van der Waals surface area contributed by atoms with Crippen molar-refractivity contribution in [3.8, 4) is 51.3 Å². The molecule has 0 bridgehead atoms. The van der Waals surface area contributed by atoms with Crippen molar-refractivity contribution in [3.05, 3.63) is 151 Å². The number of halogens is 1. The van der Waals surface area contributed by atoms with Gasteiger partial charge in [0, 0.05) is 34.8 Å². The Morgan fingerprint density at radius 3 is 2.14 bits per heavy atom. The van der Waals surface area contributed by atoms with Crippen LogP contribution >= 0.6 is 0 Å². The fraction of sp³-hybridized carbons (Fsp3) is 0.116. The molecule has 0 N–H and O–H groups in total. The molecular weight excluding hydrogens is 819 g/mol. The van der Waals surface area contributed by atoms with Crippen molar-refractivity contribution in [3.63, 3.8) is 0 Å². The second-order valence-electron chi connectivity index (χ2n) is 13.1. The van der Waals surface area contributed by atoms with E-state index in [0.717, 1.165) is 49.8 Å². The van der Waals surface area contributed by atoms with Crippen LogP contribution in [0.2, 0.25) is 0 Å². The Balaban J connectivity index is 0.00000406. The first kappa shape index (κ1) is 34.0. The van der Waals surface area contributed by atoms with E-state index >= 15 is 0 Å². The van der Waals surface area contributed by atoms with Crippen molar-refractivity contribution in [2.75, 3.05) is 7.11 Å². The Hall–Kier alpha value is -5.52. The van der Waals surface area contributed by atoms with Gasteiger partial charge >= 0.3 is 21.1 Å². The molecule has 5 aromatic carbocycles. The molecule has 0 aliphatic rings. The number of pyridine rings is 1. The summed E-state index contributed by atoms with van der Waals surface area (Å²) in [5.41, 5.74) is 6.87. The number of fused-ring (bicyclic) bond motifs is 3. The molecule has 3 heterocycles. The van der Waals surface area contributed by atoms with E-state index in [1.807, 2.05) is 88.1 Å². The summed E-state index contributed by atoms with van der Waals surface area (Å²) in [6.07, 6.45) is 1.47. The second kappa shape index (κ2) is 13.7. The van der Waals surface area contributed by atoms with Gasteiger partial charge in [-0.15, -0.1) is 46.4 Å². The summed E-state index contributed by atoms with van der Waals surface area (Å²) in [6.45, 7) is 6.49. The molecule has 8 heteroatoms. The molecule has 3 aromatic heterocycles. The molecule has 0 radical (unpaired) electrons. The van der Waals surface area contributed by atoms with Crippen LogP contribution in [0.25, 0.3) is 55.7 Å². The Bertz CT molecular complexity index is 2500. The molecule has 0 spiro atoms. The van der Waals surface area contributed by atoms with Gasteiger partial charge < -0.3 is 14.0 Å². The van der Waals surface area contributed by atoms with Gasteiger partial charge in [0.15, 0.2) is 0 Å². The number of ether oxygens (including phenoxy) is 2. The summed E-state index contributed by atoms with van der Waals surface area (Å²) < 4.78 is 30.7. The molecule has 0 unspecified atom stereocenters. The van der Waals surface area contributed by atoms with Crippen molar-refractivity contribution >= 4 is 21.8 Å². The quantitative estimate of drug-likeness (QED) is 0.150. The zero-order valence-corrected chi connectivity index (χ0v) is 30.7. The summed E-state index contributed by atoms with van der Waals surface area (Å²) in [5, 5.41) is 6.96. The third-order valence-corrected chi connectivity index (χ3v) is 8.79. The van der Waals surface area contributed by atoms with E-state index in [0.29, 0.717) is 28.9 Å². The summed E-state index contributed by atoms with van der Waals surface area (Å²) in [5.74, 6) is 1.59. The minimum atomic E-state index is -0.366. The average Bonchev–Trinajstić information content (AvgIpc) is 3.68. The first-order chi connectivity index (χ1) is 24.3. The van der Waals surface area contributed by atoms with Gasteiger partial charge in [-0.2, -0.15) is 6.07 Å². The topological polar surface area (TPSA) is 54.1 Å². The van der Waals surface area contributed by atoms with Gasteiger partial charge in [0.1, 0.15) is 11.6 Å². The third kappa shape index (κ3) is 6.34. The van der Waals surface area contributed by atoms with E-state index < -0.39 is 0 Å². The van der Waals surface area contributed by atoms with Crippen LogP contribution in [0.3, 0.4) is 0 Å². The SMILES string of the molecule is COc1nn(-c2[c-]c(Oc3[c-]c4c(cc3)c3ccccc3n4-c3cc(F)ccn3)cc(C(C)(C)C)c2)c(-c2ccccc2)c1-c1ccccc1.[Pt+2]. The fourth-order valence-corrected chi connectivity index (χ4v) is 6.38. The first-order valence-corrected chi connectivity index (χ1v) is 16.4. The van der Waals surface area contributed by atoms with Gasteiger partial charge in [-0.25, -0.2) is 9.37 Å². The molecule has 6 nitrogen and oxygen atoms in total. The molecule has 0 atom stereocenters. The minimum absolute atomic E-state index is 0. The maximum Gasteiger partial charge on any atom is 2.00 e. The minimum Gasteiger partial charge on any atom is -0.509 e. The van der Waals surface area contributed by atoms with Gasteiger partial charge in [0.25, 0.3) is 0 Å². The number of rotatable bonds is 7. The van der Waals surface area contributed by atoms with Crippen LogP contribution in [0.15, 0.2) is 128 Å². The Kier molecular flexibility index (Phi) is 9.09. The molecule has 254 valence electrons. The second-order valence-corrected chi connectivity index (χ2v) is 13.1. The molecule has 0 fully saturated rings. The van der Waals surface area contributed by atoms with E-state index in [9.17, 15) is 4.39 Å². The van der Waals surface area contributed by atoms with Crippen molar-refractivity contribution in [2.45, 2.75) is 26.2 Å². The van der Waals surface area contributed by atoms with Crippen LogP contribution < -0.4 is 9.47 Å². The Morgan fingerprint density at radius 2 is 1.43 bits per heavy atom. The zero-order valence-electron chi connectivity index (χ0n) is 28.4. The average molecular weight is 852 g/mol. The normalized spacial score (nSPS) is 11.5. The maximum atomic E-state index is 14.4. The molecule has 8 aromatic rings. The van der Waals surface area contributed by atoms with Gasteiger partial charge in [-0.3, -0.25) is 4.68 Å². The molecular formula is C43H33FN4O2Pt. The monoisotopic (exact) mass is 851 g/mol. The van der Waals surface area contributed by atoms with Crippen LogP contribution in [-0.2, 0) is 26.5 Å². The number of benzene rings is 5. The smallest absolute Gasteiger partial charge is 0.509 e. The van der Waals surface area contributed by atoms with Crippen molar-refractivity contribution < 1.29 is 34.9 Å². The van der Waals surface area contributed by atoms with Gasteiger partial charge in [-0.05, 0) is 34.2 Å². The van der Waals surface area contributed by atoms with E-state index in [-0.39, 0.29) is 32.3 Å². The van der Waals surface area contributed by atoms with E-state index in [2.05, 4.69) is 68.2 Å². The molecule has 51 heavy (non-hydrogen) atoms. The summed E-state index contributed by atoms with van der Waals surface area (Å²) in [7, 11) is 1.64. The zero-order chi connectivity index (χ0) is 34.4. The number of para-hydroxylation sites is 1. The van der Waals surface area contributed by atoms with E-state index in [4.69, 9.17) is 14.6 Å². The molecule has 0 amide bonds. The molecule has 0 saturated carbocycles. The van der Waals surface area contributed by atoms with Crippen molar-refractivity contribution in [1.29, 1.82) is 0 Å². The van der Waals surface area contributed by atoms with Crippen LogP contribution in [0.5, 0.6) is 17.4 Å². The van der Waals surface area contributed by atoms with Crippen molar-refractivity contribution in [1.82, 2.24) is 19.3 Å². The predicted octanol–water partition coefficient (Wildman–Crippen LogP) is 10.5. The number of methoxy groups -OCH3 is 1. The van der Waals surface area contributed by atoms with Crippen LogP contribution in [0.1, 0.15) is 26.3 Å². The van der Waals surface area contributed by atoms with Gasteiger partial charge in [0.2, 0.25) is 5.88 Å². The largest absolute Gasteiger partial charge is 2.00 e. The third-order valence-electron chi connectivity index (χ3n) is 8.79. The standard InChI is InChI=1S/C43H33FN4O2.Pt/c1-43(2,3)30-23-32(48-41(29-15-9-6-10-16-29)40(42(46-48)49-4)28-13-7-5-8-14-28)26-34(24-30)50-33-19-20-36-35-17-11-12-18-37(35)47(38(36)27-33)39-25-31(44)21-22-45-39;/h5-25H,1-4H3;/q-2;+2. The summed E-state index contributed by atoms with van der Waals surface area (Å²) in [4.78, 5) is 4.49. The molecule has 0 aliphatic carbocycles. The van der Waals surface area contributed by atoms with Crippen LogP contribution in [0, 0.1) is 17.9 Å². The summed E-state index contributed by atoms with van der Waals surface area (Å²) >= 11 is 0. The predicted molar refractivity (Wildman–Crippen MR) is 196 cm³/mol. The Labute approximate surface area is 310 Å². The molecule has 0 aliphatic heterocycles. The van der Waals surface area contributed by atoms with Gasteiger partial charge in [-0.1, -0.05) is 105 Å². The molecule has 8 rings (SSSR count). The number of aromatic nitrogens is 4. The van der Waals surface area contributed by atoms with Crippen molar-refractivity contribution in [2.24, 2.45) is 0 Å². The Morgan fingerprint density at radius 1 is 0.725 bits per heavy atom. The maximum absolute atomic E-state index is 14.4.